The number of halogens is 1. The molecule has 0 spiro atoms. The number of nitro benzene ring substituents is 1. The lowest BCUT2D eigenvalue weighted by atomic mass is 10.2. The first-order chi connectivity index (χ1) is 14.8. The number of aryl methyl sites for hydroxylation is 1. The number of nitrogens with zero attached hydrogens (tertiary/aromatic N) is 2. The average Bonchev–Trinajstić information content (AvgIpc) is 3.11. The van der Waals surface area contributed by atoms with E-state index in [1.807, 2.05) is 30.3 Å². The van der Waals surface area contributed by atoms with E-state index in [1.165, 1.54) is 12.1 Å². The van der Waals surface area contributed by atoms with E-state index in [1.54, 1.807) is 6.92 Å². The molecule has 0 saturated heterocycles. The summed E-state index contributed by atoms with van der Waals surface area (Å²) in [6, 6.07) is 12.9. The minimum Gasteiger partial charge on any atom is -0.464 e. The molecule has 1 N–H and O–H groups in total. The molecule has 2 aromatic carbocycles. The molecule has 0 fully saturated rings. The molecule has 0 bridgehead atoms. The molecular weight excluding hydrogens is 426 g/mol. The zero-order chi connectivity index (χ0) is 22.4. The maximum Gasteiger partial charge on any atom is 0.312 e. The Morgan fingerprint density at radius 1 is 1.23 bits per heavy atom. The van der Waals surface area contributed by atoms with Gasteiger partial charge in [0.15, 0.2) is 0 Å². The number of ether oxygens (including phenoxy) is 1. The molecule has 31 heavy (non-hydrogen) atoms. The van der Waals surface area contributed by atoms with Crippen LogP contribution in [0, 0.1) is 17.0 Å². The molecule has 1 heterocycles. The lowest BCUT2D eigenvalue weighted by molar-refractivity contribution is -0.384. The summed E-state index contributed by atoms with van der Waals surface area (Å²) >= 11 is 5.92. The number of nitro groups is 1. The van der Waals surface area contributed by atoms with Crippen LogP contribution in [0.4, 0.5) is 5.69 Å². The minimum absolute atomic E-state index is 0.0422. The highest BCUT2D eigenvalue weighted by Gasteiger charge is 2.17. The summed E-state index contributed by atoms with van der Waals surface area (Å²) in [5.41, 5.74) is 1.16. The molecule has 0 saturated carbocycles. The number of oxazole rings is 1. The first kappa shape index (κ1) is 22.0. The number of non-ortho nitro benzene ring substituents is 1. The van der Waals surface area contributed by atoms with Crippen LogP contribution in [0.1, 0.15) is 21.8 Å². The largest absolute Gasteiger partial charge is 0.464 e. The Morgan fingerprint density at radius 2 is 1.97 bits per heavy atom. The zero-order valence-corrected chi connectivity index (χ0v) is 17.2. The Kier molecular flexibility index (Phi) is 6.99. The van der Waals surface area contributed by atoms with E-state index in [9.17, 15) is 19.7 Å². The quantitative estimate of drug-likeness (QED) is 0.243. The topological polar surface area (TPSA) is 125 Å². The van der Waals surface area contributed by atoms with Crippen LogP contribution >= 0.6 is 11.6 Å². The van der Waals surface area contributed by atoms with Crippen LogP contribution < -0.4 is 5.32 Å². The molecule has 3 rings (SSSR count). The predicted molar refractivity (Wildman–Crippen MR) is 112 cm³/mol. The predicted octanol–water partition coefficient (Wildman–Crippen LogP) is 3.73. The third-order valence-corrected chi connectivity index (χ3v) is 4.60. The van der Waals surface area contributed by atoms with Crippen LogP contribution in [-0.4, -0.2) is 34.9 Å². The van der Waals surface area contributed by atoms with Gasteiger partial charge < -0.3 is 14.5 Å². The molecule has 10 heteroatoms. The van der Waals surface area contributed by atoms with Crippen LogP contribution in [-0.2, 0) is 16.0 Å². The van der Waals surface area contributed by atoms with Gasteiger partial charge in [-0.25, -0.2) is 4.98 Å². The summed E-state index contributed by atoms with van der Waals surface area (Å²) in [6.45, 7) is 1.71. The number of rotatable bonds is 8. The van der Waals surface area contributed by atoms with Gasteiger partial charge >= 0.3 is 5.97 Å². The van der Waals surface area contributed by atoms with Gasteiger partial charge in [-0.05, 0) is 25.1 Å². The zero-order valence-electron chi connectivity index (χ0n) is 16.5. The summed E-state index contributed by atoms with van der Waals surface area (Å²) in [4.78, 5) is 38.7. The van der Waals surface area contributed by atoms with E-state index in [0.717, 1.165) is 11.6 Å². The summed E-state index contributed by atoms with van der Waals surface area (Å²) in [6.07, 6.45) is -0.0652. The molecule has 0 atom stereocenters. The molecule has 3 aromatic rings. The number of carbonyl (C=O) groups is 2. The molecule has 0 unspecified atom stereocenters. The van der Waals surface area contributed by atoms with E-state index < -0.39 is 16.8 Å². The maximum absolute atomic E-state index is 12.1. The first-order valence-electron chi connectivity index (χ1n) is 9.24. The number of esters is 1. The van der Waals surface area contributed by atoms with E-state index in [0.29, 0.717) is 17.3 Å². The standard InChI is InChI=1S/C21H18ClN3O6/c1-13-18(24-21(31-13)14-5-3-2-4-6-14)12-19(26)30-10-9-23-20(27)16-8-7-15(25(28)29)11-17(16)22/h2-8,11H,9-10,12H2,1H3,(H,23,27). The lowest BCUT2D eigenvalue weighted by Gasteiger charge is -2.07. The van der Waals surface area contributed by atoms with Gasteiger partial charge in [-0.2, -0.15) is 0 Å². The number of aromatic nitrogens is 1. The summed E-state index contributed by atoms with van der Waals surface area (Å²) in [7, 11) is 0. The van der Waals surface area contributed by atoms with Crippen LogP contribution in [0.2, 0.25) is 5.02 Å². The van der Waals surface area contributed by atoms with Gasteiger partial charge in [0.1, 0.15) is 12.4 Å². The maximum atomic E-state index is 12.1. The van der Waals surface area contributed by atoms with E-state index in [4.69, 9.17) is 20.8 Å². The molecule has 0 aliphatic rings. The van der Waals surface area contributed by atoms with Crippen molar-refractivity contribution in [2.45, 2.75) is 13.3 Å². The summed E-state index contributed by atoms with van der Waals surface area (Å²) in [5.74, 6) is -0.0977. The normalized spacial score (nSPS) is 10.5. The highest BCUT2D eigenvalue weighted by Crippen LogP contribution is 2.23. The van der Waals surface area contributed by atoms with Gasteiger partial charge in [-0.3, -0.25) is 19.7 Å². The number of benzene rings is 2. The number of hydrogen-bond acceptors (Lipinski definition) is 7. The van der Waals surface area contributed by atoms with Crippen LogP contribution in [0.15, 0.2) is 52.9 Å². The highest BCUT2D eigenvalue weighted by molar-refractivity contribution is 6.34. The molecule has 1 aromatic heterocycles. The Morgan fingerprint density at radius 3 is 2.65 bits per heavy atom. The van der Waals surface area contributed by atoms with Crippen molar-refractivity contribution in [3.05, 3.63) is 80.7 Å². The second-order valence-corrected chi connectivity index (χ2v) is 6.87. The van der Waals surface area contributed by atoms with Crippen LogP contribution in [0.5, 0.6) is 0 Å². The number of carbonyl (C=O) groups excluding carboxylic acids is 2. The SMILES string of the molecule is Cc1oc(-c2ccccc2)nc1CC(=O)OCCNC(=O)c1ccc([N+](=O)[O-])cc1Cl. The fourth-order valence-corrected chi connectivity index (χ4v) is 2.97. The molecule has 0 aliphatic heterocycles. The Labute approximate surface area is 182 Å². The second-order valence-electron chi connectivity index (χ2n) is 6.46. The van der Waals surface area contributed by atoms with E-state index >= 15 is 0 Å². The molecule has 0 radical (unpaired) electrons. The van der Waals surface area contributed by atoms with Crippen molar-refractivity contribution < 1.29 is 23.7 Å². The van der Waals surface area contributed by atoms with Gasteiger partial charge in [0.05, 0.1) is 34.2 Å². The highest BCUT2D eigenvalue weighted by atomic mass is 35.5. The molecule has 160 valence electrons. The van der Waals surface area contributed by atoms with E-state index in [-0.39, 0.29) is 35.8 Å². The Bertz CT molecular complexity index is 1110. The fraction of sp³-hybridized carbons (Fsp3) is 0.190. The molecule has 1 amide bonds. The van der Waals surface area contributed by atoms with E-state index in [2.05, 4.69) is 10.3 Å². The van der Waals surface area contributed by atoms with Crippen molar-refractivity contribution in [3.63, 3.8) is 0 Å². The molecule has 9 nitrogen and oxygen atoms in total. The Balaban J connectivity index is 1.47. The number of hydrogen-bond donors (Lipinski definition) is 1. The van der Waals surface area contributed by atoms with Gasteiger partial charge in [-0.1, -0.05) is 29.8 Å². The average molecular weight is 444 g/mol. The third kappa shape index (κ3) is 5.67. The van der Waals surface area contributed by atoms with Crippen molar-refractivity contribution in [1.82, 2.24) is 10.3 Å². The third-order valence-electron chi connectivity index (χ3n) is 4.28. The van der Waals surface area contributed by atoms with Crippen molar-refractivity contribution in [2.75, 3.05) is 13.2 Å². The van der Waals surface area contributed by atoms with Gasteiger partial charge in [0.2, 0.25) is 5.89 Å². The fourth-order valence-electron chi connectivity index (χ4n) is 2.71. The second kappa shape index (κ2) is 9.86. The van der Waals surface area contributed by atoms with Crippen molar-refractivity contribution in [3.8, 4) is 11.5 Å². The van der Waals surface area contributed by atoms with Gasteiger partial charge in [0.25, 0.3) is 11.6 Å². The lowest BCUT2D eigenvalue weighted by Crippen LogP contribution is -2.28. The minimum atomic E-state index is -0.605. The molecular formula is C21H18ClN3O6. The number of nitrogens with one attached hydrogen (secondary N) is 1. The van der Waals surface area contributed by atoms with Crippen molar-refractivity contribution in [2.24, 2.45) is 0 Å². The summed E-state index contributed by atoms with van der Waals surface area (Å²) in [5, 5.41) is 13.2. The van der Waals surface area contributed by atoms with Gasteiger partial charge in [-0.15, -0.1) is 0 Å². The molecule has 0 aliphatic carbocycles. The smallest absolute Gasteiger partial charge is 0.312 e. The number of amides is 1. The van der Waals surface area contributed by atoms with Gasteiger partial charge in [0, 0.05) is 17.7 Å². The first-order valence-corrected chi connectivity index (χ1v) is 9.62. The summed E-state index contributed by atoms with van der Waals surface area (Å²) < 4.78 is 10.7. The van der Waals surface area contributed by atoms with Crippen molar-refractivity contribution in [1.29, 1.82) is 0 Å². The Hall–Kier alpha value is -3.72. The van der Waals surface area contributed by atoms with Crippen LogP contribution in [0.3, 0.4) is 0 Å². The van der Waals surface area contributed by atoms with Crippen molar-refractivity contribution >= 4 is 29.2 Å². The monoisotopic (exact) mass is 443 g/mol. The van der Waals surface area contributed by atoms with Crippen LogP contribution in [0.25, 0.3) is 11.5 Å².